The molecule has 29 heavy (non-hydrogen) atoms. The van der Waals surface area contributed by atoms with Crippen LogP contribution in [0.25, 0.3) is 0 Å². The van der Waals surface area contributed by atoms with Gasteiger partial charge in [-0.3, -0.25) is 14.7 Å². The smallest absolute Gasteiger partial charge is 0.252 e. The fourth-order valence-corrected chi connectivity index (χ4v) is 5.44. The van der Waals surface area contributed by atoms with Crippen LogP contribution in [0.2, 0.25) is 0 Å². The molecule has 6 nitrogen and oxygen atoms in total. The molecule has 152 valence electrons. The number of halogens is 1. The van der Waals surface area contributed by atoms with Crippen molar-refractivity contribution in [3.8, 4) is 5.75 Å². The fraction of sp³-hybridized carbons (Fsp3) is 0.455. The van der Waals surface area contributed by atoms with Gasteiger partial charge in [-0.2, -0.15) is 0 Å². The average molecular weight is 397 g/mol. The molecule has 0 aliphatic carbocycles. The summed E-state index contributed by atoms with van der Waals surface area (Å²) in [5, 5.41) is 12.7. The summed E-state index contributed by atoms with van der Waals surface area (Å²) in [4.78, 5) is 18.5. The Labute approximate surface area is 168 Å². The van der Waals surface area contributed by atoms with E-state index in [1.807, 2.05) is 12.1 Å². The highest BCUT2D eigenvalue weighted by atomic mass is 19.1. The van der Waals surface area contributed by atoms with Gasteiger partial charge in [0.15, 0.2) is 0 Å². The van der Waals surface area contributed by atoms with Crippen molar-refractivity contribution in [2.45, 2.75) is 31.1 Å². The second-order valence-electron chi connectivity index (χ2n) is 8.47. The van der Waals surface area contributed by atoms with Crippen LogP contribution in [0.3, 0.4) is 0 Å². The van der Waals surface area contributed by atoms with Crippen molar-refractivity contribution in [3.05, 3.63) is 59.7 Å². The Morgan fingerprint density at radius 3 is 3.10 bits per heavy atom. The monoisotopic (exact) mass is 397 g/mol. The number of rotatable bonds is 5. The number of fused-ring (bicyclic) bond motifs is 1. The van der Waals surface area contributed by atoms with Gasteiger partial charge in [-0.25, -0.2) is 4.39 Å². The van der Waals surface area contributed by atoms with Crippen molar-refractivity contribution in [2.75, 3.05) is 19.6 Å². The van der Waals surface area contributed by atoms with Crippen molar-refractivity contribution in [1.82, 2.24) is 15.2 Å². The van der Waals surface area contributed by atoms with Crippen LogP contribution in [0.5, 0.6) is 5.75 Å². The van der Waals surface area contributed by atoms with Gasteiger partial charge in [-0.05, 0) is 36.6 Å². The number of nitrogens with zero attached hydrogens (tertiary/aromatic N) is 2. The number of likely N-dealkylation sites (tertiary alicyclic amines) is 1. The van der Waals surface area contributed by atoms with Crippen LogP contribution in [0, 0.1) is 17.7 Å². The lowest BCUT2D eigenvalue weighted by Gasteiger charge is -2.29. The summed E-state index contributed by atoms with van der Waals surface area (Å²) < 4.78 is 19.8. The van der Waals surface area contributed by atoms with Gasteiger partial charge in [-0.1, -0.05) is 12.1 Å². The largest absolute Gasteiger partial charge is 0.508 e. The van der Waals surface area contributed by atoms with Crippen molar-refractivity contribution in [3.63, 3.8) is 0 Å². The van der Waals surface area contributed by atoms with Crippen LogP contribution in [-0.2, 0) is 11.3 Å². The first-order chi connectivity index (χ1) is 14.0. The molecule has 4 atom stereocenters. The van der Waals surface area contributed by atoms with E-state index in [0.717, 1.165) is 44.2 Å². The summed E-state index contributed by atoms with van der Waals surface area (Å²) in [6.45, 7) is 3.08. The lowest BCUT2D eigenvalue weighted by Crippen LogP contribution is -2.41. The number of ether oxygens (including phenoxy) is 1. The van der Waals surface area contributed by atoms with Crippen molar-refractivity contribution in [1.29, 1.82) is 0 Å². The van der Waals surface area contributed by atoms with Gasteiger partial charge < -0.3 is 15.2 Å². The van der Waals surface area contributed by atoms with Crippen molar-refractivity contribution >= 4 is 5.91 Å². The van der Waals surface area contributed by atoms with Gasteiger partial charge in [0.1, 0.15) is 11.6 Å². The number of phenolic OH excluding ortho intramolecular Hbond substituents is 1. The van der Waals surface area contributed by atoms with E-state index >= 15 is 0 Å². The molecular weight excluding hydrogens is 373 g/mol. The Morgan fingerprint density at radius 1 is 1.38 bits per heavy atom. The highest BCUT2D eigenvalue weighted by Gasteiger charge is 2.62. The molecule has 3 aliphatic rings. The molecule has 1 spiro atoms. The molecule has 0 saturated carbocycles. The van der Waals surface area contributed by atoms with Gasteiger partial charge in [0.05, 0.1) is 23.5 Å². The van der Waals surface area contributed by atoms with Crippen molar-refractivity contribution < 1.29 is 19.0 Å². The van der Waals surface area contributed by atoms with E-state index in [9.17, 15) is 14.3 Å². The summed E-state index contributed by atoms with van der Waals surface area (Å²) in [6.07, 6.45) is 4.71. The molecule has 1 aromatic heterocycles. The lowest BCUT2D eigenvalue weighted by atomic mass is 9.73. The third-order valence-electron chi connectivity index (χ3n) is 6.64. The molecular formula is C22H24FN3O3. The average Bonchev–Trinajstić information content (AvgIpc) is 3.34. The number of carbonyl (C=O) groups excluding carboxylic acids is 1. The number of amides is 1. The predicted octanol–water partition coefficient (Wildman–Crippen LogP) is 2.34. The van der Waals surface area contributed by atoms with Gasteiger partial charge >= 0.3 is 0 Å². The predicted molar refractivity (Wildman–Crippen MR) is 104 cm³/mol. The molecule has 1 aromatic carbocycles. The summed E-state index contributed by atoms with van der Waals surface area (Å²) in [6, 6.07) is 8.57. The van der Waals surface area contributed by atoms with Crippen LogP contribution >= 0.6 is 0 Å². The molecule has 3 saturated heterocycles. The summed E-state index contributed by atoms with van der Waals surface area (Å²) >= 11 is 0. The Morgan fingerprint density at radius 2 is 2.28 bits per heavy atom. The summed E-state index contributed by atoms with van der Waals surface area (Å²) in [7, 11) is 0. The number of aromatic nitrogens is 1. The molecule has 0 radical (unpaired) electrons. The zero-order chi connectivity index (χ0) is 20.0. The molecule has 4 heterocycles. The van der Waals surface area contributed by atoms with Crippen LogP contribution in [0.4, 0.5) is 4.39 Å². The van der Waals surface area contributed by atoms with E-state index in [1.165, 1.54) is 12.3 Å². The standard InChI is InChI=1S/C22H24FN3O3/c23-16-7-15(8-24-9-16)21(28)25-10-18-19-12-26(11-14-2-1-3-17(27)6-14)13-22(19)5-4-20(18)29-22/h1-3,6-9,18-20,27H,4-5,10-13H2,(H,25,28)/t18-,19+,20+,22+/m0/s1. The first-order valence-corrected chi connectivity index (χ1v) is 10.1. The summed E-state index contributed by atoms with van der Waals surface area (Å²) in [5.74, 6) is 0.0826. The van der Waals surface area contributed by atoms with Gasteiger partial charge in [0.2, 0.25) is 0 Å². The molecule has 5 rings (SSSR count). The molecule has 2 aromatic rings. The highest BCUT2D eigenvalue weighted by molar-refractivity contribution is 5.93. The molecule has 0 unspecified atom stereocenters. The minimum atomic E-state index is -0.516. The van der Waals surface area contributed by atoms with E-state index in [-0.39, 0.29) is 34.8 Å². The Bertz CT molecular complexity index is 939. The third kappa shape index (κ3) is 3.38. The van der Waals surface area contributed by atoms with E-state index < -0.39 is 5.82 Å². The maximum absolute atomic E-state index is 13.3. The Kier molecular flexibility index (Phi) is 4.52. The zero-order valence-electron chi connectivity index (χ0n) is 16.1. The summed E-state index contributed by atoms with van der Waals surface area (Å²) in [5.41, 5.74) is 1.19. The van der Waals surface area contributed by atoms with Crippen LogP contribution in [-0.4, -0.2) is 52.2 Å². The number of aromatic hydroxyl groups is 1. The minimum Gasteiger partial charge on any atom is -0.508 e. The molecule has 1 amide bonds. The first-order valence-electron chi connectivity index (χ1n) is 10.1. The number of phenols is 1. The first kappa shape index (κ1) is 18.5. The molecule has 7 heteroatoms. The van der Waals surface area contributed by atoms with Crippen LogP contribution < -0.4 is 5.32 Å². The number of hydrogen-bond donors (Lipinski definition) is 2. The number of hydrogen-bond acceptors (Lipinski definition) is 5. The fourth-order valence-electron chi connectivity index (χ4n) is 5.44. The second-order valence-corrected chi connectivity index (χ2v) is 8.47. The quantitative estimate of drug-likeness (QED) is 0.810. The molecule has 2 N–H and O–H groups in total. The highest BCUT2D eigenvalue weighted by Crippen LogP contribution is 2.54. The van der Waals surface area contributed by atoms with Gasteiger partial charge in [0.25, 0.3) is 5.91 Å². The van der Waals surface area contributed by atoms with Crippen LogP contribution in [0.1, 0.15) is 28.8 Å². The third-order valence-corrected chi connectivity index (χ3v) is 6.64. The van der Waals surface area contributed by atoms with Crippen LogP contribution in [0.15, 0.2) is 42.7 Å². The second kappa shape index (κ2) is 7.07. The van der Waals surface area contributed by atoms with Crippen molar-refractivity contribution in [2.24, 2.45) is 11.8 Å². The van der Waals surface area contributed by atoms with E-state index in [0.29, 0.717) is 12.5 Å². The maximum atomic E-state index is 13.3. The maximum Gasteiger partial charge on any atom is 0.252 e. The molecule has 3 aliphatic heterocycles. The van der Waals surface area contributed by atoms with Gasteiger partial charge in [0, 0.05) is 44.2 Å². The number of pyridine rings is 1. The minimum absolute atomic E-state index is 0.128. The Hall–Kier alpha value is -2.51. The number of carbonyl (C=O) groups is 1. The lowest BCUT2D eigenvalue weighted by molar-refractivity contribution is 0.00212. The number of benzene rings is 1. The van der Waals surface area contributed by atoms with E-state index in [2.05, 4.69) is 15.2 Å². The molecule has 3 fully saturated rings. The Balaban J connectivity index is 1.25. The van der Waals surface area contributed by atoms with E-state index in [1.54, 1.807) is 12.1 Å². The topological polar surface area (TPSA) is 74.7 Å². The number of nitrogens with one attached hydrogen (secondary N) is 1. The van der Waals surface area contributed by atoms with E-state index in [4.69, 9.17) is 4.74 Å². The van der Waals surface area contributed by atoms with Gasteiger partial charge in [-0.15, -0.1) is 0 Å². The molecule has 2 bridgehead atoms. The normalized spacial score (nSPS) is 30.4. The SMILES string of the molecule is O=C(NC[C@H]1[C@H]2CN(Cc3cccc(O)c3)C[C@]23CC[C@H]1O3)c1cncc(F)c1. The zero-order valence-corrected chi connectivity index (χ0v) is 16.1.